The molecule has 0 saturated carbocycles. The zero-order valence-electron chi connectivity index (χ0n) is 24.1. The number of para-hydroxylation sites is 2. The van der Waals surface area contributed by atoms with Crippen LogP contribution in [-0.2, 0) is 11.3 Å². The summed E-state index contributed by atoms with van der Waals surface area (Å²) in [7, 11) is 4.08. The third-order valence-corrected chi connectivity index (χ3v) is 5.99. The normalized spacial score (nSPS) is 11.2. The average Bonchev–Trinajstić information content (AvgIpc) is 2.90. The van der Waals surface area contributed by atoms with Gasteiger partial charge in [0.2, 0.25) is 0 Å². The third-order valence-electron chi connectivity index (χ3n) is 5.99. The van der Waals surface area contributed by atoms with Gasteiger partial charge in [-0.3, -0.25) is 14.9 Å². The highest BCUT2D eigenvalue weighted by Gasteiger charge is 2.19. The Labute approximate surface area is 237 Å². The lowest BCUT2D eigenvalue weighted by molar-refractivity contribution is 0.0635. The first-order valence-electron chi connectivity index (χ1n) is 13.5. The molecule has 0 aliphatic carbocycles. The van der Waals surface area contributed by atoms with Gasteiger partial charge in [0.25, 0.3) is 11.8 Å². The highest BCUT2D eigenvalue weighted by atomic mass is 16.6. The van der Waals surface area contributed by atoms with Crippen LogP contribution < -0.4 is 10.6 Å². The number of amides is 3. The van der Waals surface area contributed by atoms with Crippen LogP contribution in [0.5, 0.6) is 0 Å². The van der Waals surface area contributed by atoms with E-state index < -0.39 is 11.7 Å². The minimum Gasteiger partial charge on any atom is -0.444 e. The van der Waals surface area contributed by atoms with Gasteiger partial charge in [0, 0.05) is 24.2 Å². The zero-order chi connectivity index (χ0) is 29.1. The molecule has 0 radical (unpaired) electrons. The van der Waals surface area contributed by atoms with E-state index in [4.69, 9.17) is 4.74 Å². The Morgan fingerprint density at radius 2 is 1.27 bits per heavy atom. The molecule has 3 aromatic rings. The van der Waals surface area contributed by atoms with Crippen LogP contribution in [-0.4, -0.2) is 60.5 Å². The van der Waals surface area contributed by atoms with Crippen LogP contribution in [0.1, 0.15) is 59.9 Å². The molecule has 0 fully saturated rings. The first-order valence-corrected chi connectivity index (χ1v) is 13.5. The average molecular weight is 545 g/mol. The van der Waals surface area contributed by atoms with Crippen molar-refractivity contribution in [2.75, 3.05) is 37.8 Å². The molecule has 212 valence electrons. The Balaban J connectivity index is 1.69. The fraction of sp³-hybridized carbons (Fsp3) is 0.344. The lowest BCUT2D eigenvalue weighted by Crippen LogP contribution is -2.32. The molecular formula is C32H40N4O4. The Bertz CT molecular complexity index is 1270. The number of ether oxygens (including phenoxy) is 1. The van der Waals surface area contributed by atoms with Gasteiger partial charge in [-0.1, -0.05) is 42.5 Å². The maximum atomic E-state index is 13.5. The maximum absolute atomic E-state index is 13.5. The number of anilines is 2. The minimum absolute atomic E-state index is 0.0763. The van der Waals surface area contributed by atoms with Crippen molar-refractivity contribution >= 4 is 29.3 Å². The zero-order valence-corrected chi connectivity index (χ0v) is 24.1. The summed E-state index contributed by atoms with van der Waals surface area (Å²) in [5.74, 6) is -0.435. The van der Waals surface area contributed by atoms with Crippen molar-refractivity contribution in [2.45, 2.75) is 45.8 Å². The quantitative estimate of drug-likeness (QED) is 0.278. The van der Waals surface area contributed by atoms with E-state index in [9.17, 15) is 14.4 Å². The second kappa shape index (κ2) is 14.3. The van der Waals surface area contributed by atoms with E-state index in [1.54, 1.807) is 69.3 Å². The molecular weight excluding hydrogens is 504 g/mol. The molecule has 40 heavy (non-hydrogen) atoms. The SMILES string of the molecule is CN(C)CCCCN(Cc1ccccc1)C(=O)c1ccc(C(=O)Nc2ccccc2NC(=O)OC(C)(C)C)cc1. The fourth-order valence-electron chi connectivity index (χ4n) is 4.04. The summed E-state index contributed by atoms with van der Waals surface area (Å²) in [6, 6.07) is 23.5. The standard InChI is InChI=1S/C32H40N4O4/c1-32(2,3)40-31(39)34-28-16-10-9-15-27(28)33-29(37)25-17-19-26(20-18-25)30(38)36(22-12-11-21-35(4)5)23-24-13-7-6-8-14-24/h6-10,13-20H,11-12,21-23H2,1-5H3,(H,33,37)(H,34,39). The van der Waals surface area contributed by atoms with Crippen LogP contribution in [0.4, 0.5) is 16.2 Å². The van der Waals surface area contributed by atoms with Gasteiger partial charge in [-0.05, 0) is 96.2 Å². The van der Waals surface area contributed by atoms with Crippen molar-refractivity contribution in [1.29, 1.82) is 0 Å². The molecule has 0 aliphatic rings. The van der Waals surface area contributed by atoms with Crippen LogP contribution in [0.3, 0.4) is 0 Å². The van der Waals surface area contributed by atoms with E-state index in [2.05, 4.69) is 15.5 Å². The molecule has 8 heteroatoms. The first-order chi connectivity index (χ1) is 19.0. The number of hydrogen-bond acceptors (Lipinski definition) is 5. The van der Waals surface area contributed by atoms with Crippen LogP contribution in [0, 0.1) is 0 Å². The first kappa shape index (κ1) is 30.4. The Kier molecular flexibility index (Phi) is 10.8. The molecule has 0 bridgehead atoms. The number of rotatable bonds is 11. The lowest BCUT2D eigenvalue weighted by atomic mass is 10.1. The smallest absolute Gasteiger partial charge is 0.412 e. The summed E-state index contributed by atoms with van der Waals surface area (Å²) in [6.45, 7) is 7.46. The largest absolute Gasteiger partial charge is 0.444 e. The van der Waals surface area contributed by atoms with Gasteiger partial charge in [-0.2, -0.15) is 0 Å². The summed E-state index contributed by atoms with van der Waals surface area (Å²) in [5.41, 5.74) is 2.19. The van der Waals surface area contributed by atoms with Crippen molar-refractivity contribution in [3.05, 3.63) is 95.6 Å². The monoisotopic (exact) mass is 544 g/mol. The summed E-state index contributed by atoms with van der Waals surface area (Å²) in [6.07, 6.45) is 1.28. The molecule has 0 heterocycles. The summed E-state index contributed by atoms with van der Waals surface area (Å²) >= 11 is 0. The summed E-state index contributed by atoms with van der Waals surface area (Å²) in [5, 5.41) is 5.51. The van der Waals surface area contributed by atoms with E-state index in [1.165, 1.54) is 0 Å². The van der Waals surface area contributed by atoms with Gasteiger partial charge in [0.15, 0.2) is 0 Å². The van der Waals surface area contributed by atoms with Gasteiger partial charge in [0.1, 0.15) is 5.60 Å². The van der Waals surface area contributed by atoms with Crippen molar-refractivity contribution in [1.82, 2.24) is 9.80 Å². The van der Waals surface area contributed by atoms with E-state index in [-0.39, 0.29) is 11.8 Å². The van der Waals surface area contributed by atoms with E-state index >= 15 is 0 Å². The molecule has 0 spiro atoms. The Morgan fingerprint density at radius 1 is 0.725 bits per heavy atom. The van der Waals surface area contributed by atoms with Crippen LogP contribution >= 0.6 is 0 Å². The molecule has 2 N–H and O–H groups in total. The van der Waals surface area contributed by atoms with Crippen LogP contribution in [0.2, 0.25) is 0 Å². The highest BCUT2D eigenvalue weighted by Crippen LogP contribution is 2.23. The van der Waals surface area contributed by atoms with Crippen molar-refractivity contribution in [3.63, 3.8) is 0 Å². The lowest BCUT2D eigenvalue weighted by Gasteiger charge is -2.23. The van der Waals surface area contributed by atoms with Gasteiger partial charge >= 0.3 is 6.09 Å². The number of nitrogens with one attached hydrogen (secondary N) is 2. The number of carbonyl (C=O) groups is 3. The van der Waals surface area contributed by atoms with E-state index in [1.807, 2.05) is 49.3 Å². The molecule has 0 unspecified atom stereocenters. The van der Waals surface area contributed by atoms with Gasteiger partial charge < -0.3 is 19.9 Å². The van der Waals surface area contributed by atoms with Gasteiger partial charge in [-0.15, -0.1) is 0 Å². The third kappa shape index (κ3) is 9.85. The molecule has 8 nitrogen and oxygen atoms in total. The number of unbranched alkanes of at least 4 members (excludes halogenated alkanes) is 1. The predicted molar refractivity (Wildman–Crippen MR) is 160 cm³/mol. The van der Waals surface area contributed by atoms with Crippen molar-refractivity contribution in [2.24, 2.45) is 0 Å². The maximum Gasteiger partial charge on any atom is 0.412 e. The number of carbonyl (C=O) groups excluding carboxylic acids is 3. The second-order valence-corrected chi connectivity index (χ2v) is 10.9. The Morgan fingerprint density at radius 3 is 1.88 bits per heavy atom. The number of benzene rings is 3. The topological polar surface area (TPSA) is 91.0 Å². The minimum atomic E-state index is -0.648. The molecule has 3 aromatic carbocycles. The molecule has 0 atom stereocenters. The highest BCUT2D eigenvalue weighted by molar-refractivity contribution is 6.07. The Hall–Kier alpha value is -4.17. The van der Waals surface area contributed by atoms with Crippen molar-refractivity contribution in [3.8, 4) is 0 Å². The van der Waals surface area contributed by atoms with E-state index in [0.29, 0.717) is 35.6 Å². The molecule has 3 amide bonds. The summed E-state index contributed by atoms with van der Waals surface area (Å²) in [4.78, 5) is 42.7. The van der Waals surface area contributed by atoms with Crippen LogP contribution in [0.15, 0.2) is 78.9 Å². The molecule has 0 aromatic heterocycles. The van der Waals surface area contributed by atoms with E-state index in [0.717, 1.165) is 24.9 Å². The molecule has 0 aliphatic heterocycles. The van der Waals surface area contributed by atoms with Crippen molar-refractivity contribution < 1.29 is 19.1 Å². The number of nitrogens with zero attached hydrogens (tertiary/aromatic N) is 2. The van der Waals surface area contributed by atoms with Crippen LogP contribution in [0.25, 0.3) is 0 Å². The summed E-state index contributed by atoms with van der Waals surface area (Å²) < 4.78 is 5.32. The molecule has 3 rings (SSSR count). The van der Waals surface area contributed by atoms with Gasteiger partial charge in [0.05, 0.1) is 11.4 Å². The predicted octanol–water partition coefficient (Wildman–Crippen LogP) is 6.27. The fourth-order valence-corrected chi connectivity index (χ4v) is 4.04. The molecule has 0 saturated heterocycles. The second-order valence-electron chi connectivity index (χ2n) is 10.9. The number of hydrogen-bond donors (Lipinski definition) is 2. The van der Waals surface area contributed by atoms with Gasteiger partial charge in [-0.25, -0.2) is 4.79 Å².